The maximum Gasteiger partial charge on any atom is 0.215 e. The largest absolute Gasteiger partial charge is 0.493 e. The van der Waals surface area contributed by atoms with Gasteiger partial charge in [-0.3, -0.25) is 4.40 Å². The van der Waals surface area contributed by atoms with Crippen LogP contribution in [0.1, 0.15) is 30.7 Å². The van der Waals surface area contributed by atoms with Gasteiger partial charge in [-0.25, -0.2) is 4.98 Å². The average Bonchev–Trinajstić information content (AvgIpc) is 2.45. The van der Waals surface area contributed by atoms with Crippen LogP contribution in [0.15, 0.2) is 24.5 Å². The maximum atomic E-state index is 9.41. The highest BCUT2D eigenvalue weighted by Gasteiger charge is 2.19. The molecule has 1 N–H and O–H groups in total. The minimum Gasteiger partial charge on any atom is -0.493 e. The number of aromatic hydroxyl groups is 1. The molecule has 3 nitrogen and oxygen atoms in total. The quantitative estimate of drug-likeness (QED) is 0.745. The molecule has 1 aliphatic rings. The minimum atomic E-state index is 0.208. The number of nitrogens with zero attached hydrogens (tertiary/aromatic N) is 2. The van der Waals surface area contributed by atoms with Crippen LogP contribution < -0.4 is 0 Å². The van der Waals surface area contributed by atoms with E-state index in [0.717, 1.165) is 11.6 Å². The van der Waals surface area contributed by atoms with Crippen molar-refractivity contribution >= 4 is 5.65 Å². The predicted octanol–water partition coefficient (Wildman–Crippen LogP) is 2.31. The number of imidazole rings is 1. The van der Waals surface area contributed by atoms with E-state index in [1.807, 2.05) is 6.20 Å². The second kappa shape index (κ2) is 2.74. The second-order valence-electron chi connectivity index (χ2n) is 3.93. The highest BCUT2D eigenvalue weighted by molar-refractivity contribution is 5.45. The molecule has 2 aromatic heterocycles. The molecule has 1 fully saturated rings. The Morgan fingerprint density at radius 3 is 3.00 bits per heavy atom. The van der Waals surface area contributed by atoms with Crippen LogP contribution in [0.4, 0.5) is 0 Å². The third-order valence-corrected chi connectivity index (χ3v) is 3.09. The number of pyridine rings is 1. The van der Waals surface area contributed by atoms with E-state index in [1.165, 1.54) is 31.0 Å². The standard InChI is InChI=1S/C11H12N2O/c14-11-7-12-10-6-9(4-5-13(10)11)8-2-1-3-8/h4-8,14H,1-3H2. The maximum absolute atomic E-state index is 9.41. The molecule has 0 atom stereocenters. The zero-order valence-electron chi connectivity index (χ0n) is 7.85. The van der Waals surface area contributed by atoms with Gasteiger partial charge in [-0.1, -0.05) is 6.42 Å². The van der Waals surface area contributed by atoms with E-state index in [4.69, 9.17) is 0 Å². The van der Waals surface area contributed by atoms with Gasteiger partial charge in [0, 0.05) is 6.20 Å². The molecule has 0 aromatic carbocycles. The van der Waals surface area contributed by atoms with Crippen LogP contribution in [-0.2, 0) is 0 Å². The van der Waals surface area contributed by atoms with Crippen molar-refractivity contribution in [3.8, 4) is 5.88 Å². The van der Waals surface area contributed by atoms with Gasteiger partial charge in [-0.05, 0) is 36.5 Å². The Bertz CT molecular complexity index is 471. The Hall–Kier alpha value is -1.51. The van der Waals surface area contributed by atoms with Crippen molar-refractivity contribution in [1.82, 2.24) is 9.38 Å². The first-order valence-corrected chi connectivity index (χ1v) is 5.00. The molecule has 0 unspecified atom stereocenters. The highest BCUT2D eigenvalue weighted by atomic mass is 16.3. The van der Waals surface area contributed by atoms with E-state index in [2.05, 4.69) is 17.1 Å². The van der Waals surface area contributed by atoms with Crippen molar-refractivity contribution in [1.29, 1.82) is 0 Å². The third-order valence-electron chi connectivity index (χ3n) is 3.09. The topological polar surface area (TPSA) is 37.5 Å². The Kier molecular flexibility index (Phi) is 1.54. The Labute approximate surface area is 82.0 Å². The molecule has 0 bridgehead atoms. The zero-order chi connectivity index (χ0) is 9.54. The predicted molar refractivity (Wildman–Crippen MR) is 53.4 cm³/mol. The molecule has 1 saturated carbocycles. The zero-order valence-corrected chi connectivity index (χ0v) is 7.85. The van der Waals surface area contributed by atoms with Crippen molar-refractivity contribution in [2.45, 2.75) is 25.2 Å². The average molecular weight is 188 g/mol. The second-order valence-corrected chi connectivity index (χ2v) is 3.93. The summed E-state index contributed by atoms with van der Waals surface area (Å²) in [6.45, 7) is 0. The van der Waals surface area contributed by atoms with Crippen LogP contribution in [0.3, 0.4) is 0 Å². The van der Waals surface area contributed by atoms with E-state index >= 15 is 0 Å². The summed E-state index contributed by atoms with van der Waals surface area (Å²) in [5.41, 5.74) is 2.20. The van der Waals surface area contributed by atoms with E-state index in [1.54, 1.807) is 4.40 Å². The molecule has 3 rings (SSSR count). The van der Waals surface area contributed by atoms with Crippen LogP contribution in [-0.4, -0.2) is 14.5 Å². The van der Waals surface area contributed by atoms with Crippen LogP contribution in [0.5, 0.6) is 5.88 Å². The lowest BCUT2D eigenvalue weighted by molar-refractivity contribution is 0.419. The van der Waals surface area contributed by atoms with Gasteiger partial charge < -0.3 is 5.11 Å². The monoisotopic (exact) mass is 188 g/mol. The summed E-state index contributed by atoms with van der Waals surface area (Å²) in [7, 11) is 0. The van der Waals surface area contributed by atoms with Gasteiger partial charge in [-0.15, -0.1) is 0 Å². The molecule has 72 valence electrons. The number of hydrogen-bond acceptors (Lipinski definition) is 2. The van der Waals surface area contributed by atoms with E-state index in [9.17, 15) is 5.11 Å². The molecule has 3 heteroatoms. The molecule has 0 spiro atoms. The van der Waals surface area contributed by atoms with Gasteiger partial charge in [-0.2, -0.15) is 0 Å². The van der Waals surface area contributed by atoms with Gasteiger partial charge >= 0.3 is 0 Å². The Morgan fingerprint density at radius 1 is 1.43 bits per heavy atom. The normalized spacial score (nSPS) is 17.1. The first-order chi connectivity index (χ1) is 6.84. The summed E-state index contributed by atoms with van der Waals surface area (Å²) in [4.78, 5) is 4.13. The summed E-state index contributed by atoms with van der Waals surface area (Å²) >= 11 is 0. The summed E-state index contributed by atoms with van der Waals surface area (Å²) in [5, 5.41) is 9.41. The summed E-state index contributed by atoms with van der Waals surface area (Å²) < 4.78 is 1.70. The summed E-state index contributed by atoms with van der Waals surface area (Å²) in [6.07, 6.45) is 7.31. The van der Waals surface area contributed by atoms with E-state index in [-0.39, 0.29) is 5.88 Å². The van der Waals surface area contributed by atoms with E-state index in [0.29, 0.717) is 0 Å². The van der Waals surface area contributed by atoms with Gasteiger partial charge in [0.1, 0.15) is 5.65 Å². The number of fused-ring (bicyclic) bond motifs is 1. The van der Waals surface area contributed by atoms with Crippen molar-refractivity contribution in [2.24, 2.45) is 0 Å². The summed E-state index contributed by atoms with van der Waals surface area (Å²) in [5.74, 6) is 0.930. The first kappa shape index (κ1) is 7.85. The van der Waals surface area contributed by atoms with Crippen LogP contribution in [0.2, 0.25) is 0 Å². The molecule has 0 radical (unpaired) electrons. The lowest BCUT2D eigenvalue weighted by atomic mass is 9.80. The van der Waals surface area contributed by atoms with E-state index < -0.39 is 0 Å². The van der Waals surface area contributed by atoms with Gasteiger partial charge in [0.25, 0.3) is 0 Å². The lowest BCUT2D eigenvalue weighted by Crippen LogP contribution is -2.08. The van der Waals surface area contributed by atoms with Crippen LogP contribution in [0.25, 0.3) is 5.65 Å². The van der Waals surface area contributed by atoms with Gasteiger partial charge in [0.15, 0.2) is 0 Å². The molecule has 14 heavy (non-hydrogen) atoms. The molecule has 2 aromatic rings. The van der Waals surface area contributed by atoms with Crippen LogP contribution in [0, 0.1) is 0 Å². The minimum absolute atomic E-state index is 0.208. The summed E-state index contributed by atoms with van der Waals surface area (Å²) in [6, 6.07) is 4.15. The number of rotatable bonds is 1. The van der Waals surface area contributed by atoms with Crippen molar-refractivity contribution in [3.63, 3.8) is 0 Å². The fourth-order valence-corrected chi connectivity index (χ4v) is 1.98. The van der Waals surface area contributed by atoms with Crippen LogP contribution >= 0.6 is 0 Å². The van der Waals surface area contributed by atoms with Crippen molar-refractivity contribution in [2.75, 3.05) is 0 Å². The lowest BCUT2D eigenvalue weighted by Gasteiger charge is -2.25. The first-order valence-electron chi connectivity index (χ1n) is 5.00. The molecular weight excluding hydrogens is 176 g/mol. The molecule has 2 heterocycles. The highest BCUT2D eigenvalue weighted by Crippen LogP contribution is 2.36. The molecule has 0 amide bonds. The van der Waals surface area contributed by atoms with Gasteiger partial charge in [0.05, 0.1) is 6.20 Å². The van der Waals surface area contributed by atoms with Crippen molar-refractivity contribution < 1.29 is 5.11 Å². The van der Waals surface area contributed by atoms with Crippen molar-refractivity contribution in [3.05, 3.63) is 30.1 Å². The third kappa shape index (κ3) is 1.02. The smallest absolute Gasteiger partial charge is 0.215 e. The fourth-order valence-electron chi connectivity index (χ4n) is 1.98. The van der Waals surface area contributed by atoms with Gasteiger partial charge in [0.2, 0.25) is 5.88 Å². The number of aromatic nitrogens is 2. The molecule has 1 aliphatic carbocycles. The Morgan fingerprint density at radius 2 is 2.29 bits per heavy atom. The molecular formula is C11H12N2O. The molecule has 0 saturated heterocycles. The molecule has 0 aliphatic heterocycles. The SMILES string of the molecule is Oc1cnc2cc(C3CCC3)ccn12. The number of hydrogen-bond donors (Lipinski definition) is 1. The Balaban J connectivity index is 2.10. The fraction of sp³-hybridized carbons (Fsp3) is 0.364.